The molecule has 1 heterocycles. The third kappa shape index (κ3) is 2.72. The number of aromatic carboxylic acids is 1. The number of halogens is 1. The minimum Gasteiger partial charge on any atom is -0.478 e. The Bertz CT molecular complexity index is 679. The predicted molar refractivity (Wildman–Crippen MR) is 76.2 cm³/mol. The lowest BCUT2D eigenvalue weighted by atomic mass is 10.2. The van der Waals surface area contributed by atoms with Crippen LogP contribution in [0.25, 0.3) is 5.69 Å². The van der Waals surface area contributed by atoms with E-state index in [1.54, 1.807) is 38.5 Å². The summed E-state index contributed by atoms with van der Waals surface area (Å²) in [5.41, 5.74) is 0.763. The highest BCUT2D eigenvalue weighted by Crippen LogP contribution is 2.20. The van der Waals surface area contributed by atoms with Gasteiger partial charge in [0.2, 0.25) is 0 Å². The largest absolute Gasteiger partial charge is 0.478 e. The molecule has 0 bridgehead atoms. The molecule has 0 saturated carbocycles. The van der Waals surface area contributed by atoms with Crippen molar-refractivity contribution in [1.29, 1.82) is 0 Å². The zero-order valence-corrected chi connectivity index (χ0v) is 12.5. The fraction of sp³-hybridized carbons (Fsp3) is 0.154. The lowest BCUT2D eigenvalue weighted by Crippen LogP contribution is -2.22. The van der Waals surface area contributed by atoms with Gasteiger partial charge in [0.1, 0.15) is 0 Å². The number of aromatic nitrogens is 2. The van der Waals surface area contributed by atoms with E-state index in [0.717, 1.165) is 0 Å². The highest BCUT2D eigenvalue weighted by Gasteiger charge is 2.16. The van der Waals surface area contributed by atoms with Gasteiger partial charge in [0.15, 0.2) is 5.69 Å². The van der Waals surface area contributed by atoms with Gasteiger partial charge in [-0.2, -0.15) is 5.10 Å². The molecule has 1 N–H and O–H groups in total. The van der Waals surface area contributed by atoms with Gasteiger partial charge in [0, 0.05) is 24.8 Å². The Morgan fingerprint density at radius 2 is 2.00 bits per heavy atom. The molecule has 0 atom stereocenters. The van der Waals surface area contributed by atoms with Crippen LogP contribution in [0.4, 0.5) is 0 Å². The van der Waals surface area contributed by atoms with Crippen molar-refractivity contribution in [3.8, 4) is 5.69 Å². The SMILES string of the molecule is CN(C)C(=O)c1ccn(-c2ccc(Br)cc2C(=O)O)n1. The molecule has 0 aliphatic heterocycles. The smallest absolute Gasteiger partial charge is 0.337 e. The van der Waals surface area contributed by atoms with Crippen LogP contribution in [0.1, 0.15) is 20.8 Å². The average Bonchev–Trinajstić information content (AvgIpc) is 2.86. The molecule has 1 aromatic heterocycles. The van der Waals surface area contributed by atoms with Gasteiger partial charge in [-0.15, -0.1) is 0 Å². The van der Waals surface area contributed by atoms with Crippen LogP contribution in [0.3, 0.4) is 0 Å². The standard InChI is InChI=1S/C13H12BrN3O3/c1-16(2)12(18)10-5-6-17(15-10)11-4-3-8(14)7-9(11)13(19)20/h3-7H,1-2H3,(H,19,20). The highest BCUT2D eigenvalue weighted by atomic mass is 79.9. The Labute approximate surface area is 123 Å². The molecule has 0 spiro atoms. The first-order chi connectivity index (χ1) is 9.40. The van der Waals surface area contributed by atoms with Crippen molar-refractivity contribution in [3.05, 3.63) is 46.2 Å². The van der Waals surface area contributed by atoms with E-state index in [1.807, 2.05) is 0 Å². The van der Waals surface area contributed by atoms with Crippen LogP contribution >= 0.6 is 15.9 Å². The van der Waals surface area contributed by atoms with Gasteiger partial charge in [-0.1, -0.05) is 15.9 Å². The van der Waals surface area contributed by atoms with Gasteiger partial charge in [0.05, 0.1) is 11.3 Å². The number of carbonyl (C=O) groups excluding carboxylic acids is 1. The van der Waals surface area contributed by atoms with Crippen LogP contribution in [-0.4, -0.2) is 45.8 Å². The highest BCUT2D eigenvalue weighted by molar-refractivity contribution is 9.10. The predicted octanol–water partition coefficient (Wildman–Crippen LogP) is 2.03. The molecule has 0 aliphatic rings. The number of nitrogens with zero attached hydrogens (tertiary/aromatic N) is 3. The van der Waals surface area contributed by atoms with Gasteiger partial charge in [-0.05, 0) is 24.3 Å². The van der Waals surface area contributed by atoms with Crippen molar-refractivity contribution < 1.29 is 14.7 Å². The van der Waals surface area contributed by atoms with Crippen LogP contribution in [0.15, 0.2) is 34.9 Å². The summed E-state index contributed by atoms with van der Waals surface area (Å²) < 4.78 is 2.04. The van der Waals surface area contributed by atoms with Gasteiger partial charge < -0.3 is 10.0 Å². The molecular weight excluding hydrogens is 326 g/mol. The molecule has 0 saturated heterocycles. The van der Waals surface area contributed by atoms with Crippen LogP contribution in [0.5, 0.6) is 0 Å². The second-order valence-electron chi connectivity index (χ2n) is 4.31. The molecule has 1 aromatic carbocycles. The normalized spacial score (nSPS) is 10.3. The van der Waals surface area contributed by atoms with Crippen molar-refractivity contribution in [2.24, 2.45) is 0 Å². The Morgan fingerprint density at radius 1 is 1.30 bits per heavy atom. The van der Waals surface area contributed by atoms with Crippen molar-refractivity contribution >= 4 is 27.8 Å². The molecule has 0 unspecified atom stereocenters. The molecule has 104 valence electrons. The monoisotopic (exact) mass is 337 g/mol. The van der Waals surface area contributed by atoms with Gasteiger partial charge in [-0.3, -0.25) is 4.79 Å². The molecule has 6 nitrogen and oxygen atoms in total. The molecular formula is C13H12BrN3O3. The van der Waals surface area contributed by atoms with Crippen LogP contribution in [0, 0.1) is 0 Å². The Balaban J connectivity index is 2.48. The molecule has 0 aliphatic carbocycles. The third-order valence-electron chi connectivity index (χ3n) is 2.65. The number of hydrogen-bond acceptors (Lipinski definition) is 3. The van der Waals surface area contributed by atoms with Crippen molar-refractivity contribution in [2.75, 3.05) is 14.1 Å². The summed E-state index contributed by atoms with van der Waals surface area (Å²) in [6.45, 7) is 0. The number of carbonyl (C=O) groups is 2. The molecule has 20 heavy (non-hydrogen) atoms. The number of rotatable bonds is 3. The molecule has 2 aromatic rings. The molecule has 2 rings (SSSR count). The minimum absolute atomic E-state index is 0.103. The van der Waals surface area contributed by atoms with Gasteiger partial charge in [0.25, 0.3) is 5.91 Å². The quantitative estimate of drug-likeness (QED) is 0.929. The maximum Gasteiger partial charge on any atom is 0.337 e. The molecule has 0 fully saturated rings. The molecule has 0 radical (unpaired) electrons. The third-order valence-corrected chi connectivity index (χ3v) is 3.14. The minimum atomic E-state index is -1.06. The maximum absolute atomic E-state index is 11.8. The van der Waals surface area contributed by atoms with Crippen LogP contribution in [-0.2, 0) is 0 Å². The van der Waals surface area contributed by atoms with Crippen molar-refractivity contribution in [1.82, 2.24) is 14.7 Å². The summed E-state index contributed by atoms with van der Waals surface area (Å²) in [5, 5.41) is 13.3. The fourth-order valence-corrected chi connectivity index (χ4v) is 2.04. The number of carboxylic acid groups (broad SMARTS) is 1. The zero-order chi connectivity index (χ0) is 14.9. The van der Waals surface area contributed by atoms with E-state index in [2.05, 4.69) is 21.0 Å². The first-order valence-corrected chi connectivity index (χ1v) is 6.50. The summed E-state index contributed by atoms with van der Waals surface area (Å²) in [5.74, 6) is -1.30. The van der Waals surface area contributed by atoms with Crippen molar-refractivity contribution in [3.63, 3.8) is 0 Å². The Hall–Kier alpha value is -2.15. The molecule has 1 amide bonds. The van der Waals surface area contributed by atoms with E-state index in [-0.39, 0.29) is 17.2 Å². The van der Waals surface area contributed by atoms with Gasteiger partial charge >= 0.3 is 5.97 Å². The van der Waals surface area contributed by atoms with Crippen molar-refractivity contribution in [2.45, 2.75) is 0 Å². The van der Waals surface area contributed by atoms with E-state index in [1.165, 1.54) is 15.6 Å². The second-order valence-corrected chi connectivity index (χ2v) is 5.23. The lowest BCUT2D eigenvalue weighted by molar-refractivity contribution is 0.0696. The van der Waals surface area contributed by atoms with E-state index in [9.17, 15) is 14.7 Å². The summed E-state index contributed by atoms with van der Waals surface area (Å²) in [6.07, 6.45) is 1.56. The Kier molecular flexibility index (Phi) is 3.89. The summed E-state index contributed by atoms with van der Waals surface area (Å²) in [4.78, 5) is 24.5. The van der Waals surface area contributed by atoms with Gasteiger partial charge in [-0.25, -0.2) is 9.48 Å². The molecule has 7 heteroatoms. The summed E-state index contributed by atoms with van der Waals surface area (Å²) in [6, 6.07) is 6.39. The lowest BCUT2D eigenvalue weighted by Gasteiger charge is -2.08. The topological polar surface area (TPSA) is 75.4 Å². The zero-order valence-electron chi connectivity index (χ0n) is 10.9. The summed E-state index contributed by atoms with van der Waals surface area (Å²) >= 11 is 3.23. The Morgan fingerprint density at radius 3 is 2.60 bits per heavy atom. The van der Waals surface area contributed by atoms with E-state index >= 15 is 0 Å². The van der Waals surface area contributed by atoms with Crippen LogP contribution < -0.4 is 0 Å². The number of benzene rings is 1. The first-order valence-electron chi connectivity index (χ1n) is 5.70. The number of hydrogen-bond donors (Lipinski definition) is 1. The second kappa shape index (κ2) is 5.46. The van der Waals surface area contributed by atoms with E-state index in [0.29, 0.717) is 10.2 Å². The number of amides is 1. The number of carboxylic acids is 1. The first kappa shape index (κ1) is 14.3. The fourth-order valence-electron chi connectivity index (χ4n) is 1.68. The van der Waals surface area contributed by atoms with E-state index < -0.39 is 5.97 Å². The average molecular weight is 338 g/mol. The summed E-state index contributed by atoms with van der Waals surface area (Å²) in [7, 11) is 3.26. The van der Waals surface area contributed by atoms with E-state index in [4.69, 9.17) is 0 Å². The van der Waals surface area contributed by atoms with Crippen LogP contribution in [0.2, 0.25) is 0 Å². The maximum atomic E-state index is 11.8.